The van der Waals surface area contributed by atoms with Gasteiger partial charge in [0, 0.05) is 28.0 Å². The highest BCUT2D eigenvalue weighted by atomic mass is 19.1. The predicted octanol–water partition coefficient (Wildman–Crippen LogP) is 4.07. The molecule has 0 aliphatic carbocycles. The third kappa shape index (κ3) is 4.52. The Hall–Kier alpha value is -4.07. The number of fused-ring (bicyclic) bond motifs is 1. The third-order valence-electron chi connectivity index (χ3n) is 5.80. The van der Waals surface area contributed by atoms with Crippen molar-refractivity contribution < 1.29 is 18.7 Å². The smallest absolute Gasteiger partial charge is 0.308 e. The Bertz CT molecular complexity index is 1470. The zero-order valence-corrected chi connectivity index (χ0v) is 19.2. The molecule has 0 amide bonds. The molecule has 0 bridgehead atoms. The van der Waals surface area contributed by atoms with Crippen molar-refractivity contribution in [2.45, 2.75) is 33.7 Å². The van der Waals surface area contributed by atoms with Crippen molar-refractivity contribution in [3.05, 3.63) is 93.3 Å². The Morgan fingerprint density at radius 3 is 2.59 bits per heavy atom. The Balaban J connectivity index is 1.41. The first-order chi connectivity index (χ1) is 16.3. The number of halogens is 1. The molecule has 0 fully saturated rings. The predicted molar refractivity (Wildman–Crippen MR) is 126 cm³/mol. The SMILES string of the molecule is Cc1ccc(-n2c(C)cc(C(=O)COC(=O)CCn3ncc(=O)c4ccccc43)c2C)cc1F. The van der Waals surface area contributed by atoms with Crippen molar-refractivity contribution in [1.29, 1.82) is 0 Å². The maximum absolute atomic E-state index is 14.0. The Morgan fingerprint density at radius 1 is 1.06 bits per heavy atom. The number of nitrogens with zero attached hydrogens (tertiary/aromatic N) is 3. The molecule has 4 aromatic rings. The number of Topliss-reactive ketones (excluding diaryl/α,β-unsaturated/α-hetero) is 1. The number of ketones is 1. The average molecular weight is 461 g/mol. The normalized spacial score (nSPS) is 11.1. The van der Waals surface area contributed by atoms with Crippen molar-refractivity contribution in [1.82, 2.24) is 14.3 Å². The van der Waals surface area contributed by atoms with E-state index in [-0.39, 0.29) is 30.0 Å². The van der Waals surface area contributed by atoms with Crippen LogP contribution in [0.4, 0.5) is 4.39 Å². The van der Waals surface area contributed by atoms with Gasteiger partial charge >= 0.3 is 5.97 Å². The Labute approximate surface area is 195 Å². The van der Waals surface area contributed by atoms with Crippen LogP contribution in [-0.4, -0.2) is 32.7 Å². The minimum Gasteiger partial charge on any atom is -0.457 e. The first-order valence-corrected chi connectivity index (χ1v) is 10.9. The molecule has 0 radical (unpaired) electrons. The number of ether oxygens (including phenoxy) is 1. The van der Waals surface area contributed by atoms with Gasteiger partial charge in [-0.05, 0) is 56.7 Å². The van der Waals surface area contributed by atoms with Gasteiger partial charge in [-0.2, -0.15) is 5.10 Å². The van der Waals surface area contributed by atoms with E-state index in [1.54, 1.807) is 65.6 Å². The molecule has 0 atom stereocenters. The number of hydrogen-bond acceptors (Lipinski definition) is 5. The Kier molecular flexibility index (Phi) is 6.40. The summed E-state index contributed by atoms with van der Waals surface area (Å²) in [6, 6.07) is 13.6. The molecule has 0 saturated heterocycles. The van der Waals surface area contributed by atoms with E-state index >= 15 is 0 Å². The van der Waals surface area contributed by atoms with Crippen LogP contribution in [-0.2, 0) is 16.1 Å². The number of carbonyl (C=O) groups is 2. The van der Waals surface area contributed by atoms with Crippen molar-refractivity contribution in [2.24, 2.45) is 0 Å². The van der Waals surface area contributed by atoms with Gasteiger partial charge in [0.05, 0.1) is 24.7 Å². The topological polar surface area (TPSA) is 83.2 Å². The second kappa shape index (κ2) is 9.43. The van der Waals surface area contributed by atoms with Crippen molar-refractivity contribution in [3.63, 3.8) is 0 Å². The molecule has 4 rings (SSSR count). The second-order valence-electron chi connectivity index (χ2n) is 8.14. The number of rotatable bonds is 7. The largest absolute Gasteiger partial charge is 0.457 e. The summed E-state index contributed by atoms with van der Waals surface area (Å²) in [5.41, 5.74) is 3.43. The van der Waals surface area contributed by atoms with Gasteiger partial charge in [-0.3, -0.25) is 19.1 Å². The number of aryl methyl sites for hydroxylation is 3. The average Bonchev–Trinajstić information content (AvgIpc) is 3.13. The van der Waals surface area contributed by atoms with Crippen molar-refractivity contribution in [3.8, 4) is 5.69 Å². The zero-order chi connectivity index (χ0) is 24.4. The summed E-state index contributed by atoms with van der Waals surface area (Å²) in [5.74, 6) is -1.21. The van der Waals surface area contributed by atoms with Gasteiger partial charge in [0.1, 0.15) is 5.82 Å². The molecule has 174 valence electrons. The van der Waals surface area contributed by atoms with Gasteiger partial charge in [0.2, 0.25) is 11.2 Å². The monoisotopic (exact) mass is 461 g/mol. The number of para-hydroxylation sites is 1. The zero-order valence-electron chi connectivity index (χ0n) is 19.2. The summed E-state index contributed by atoms with van der Waals surface area (Å²) in [6.07, 6.45) is 1.21. The van der Waals surface area contributed by atoms with E-state index in [1.165, 1.54) is 12.3 Å². The molecule has 2 heterocycles. The number of hydrogen-bond donors (Lipinski definition) is 0. The third-order valence-corrected chi connectivity index (χ3v) is 5.80. The van der Waals surface area contributed by atoms with Gasteiger partial charge in [-0.15, -0.1) is 0 Å². The molecule has 0 spiro atoms. The van der Waals surface area contributed by atoms with Gasteiger partial charge in [-0.1, -0.05) is 18.2 Å². The molecule has 0 aliphatic rings. The van der Waals surface area contributed by atoms with Crippen LogP contribution >= 0.6 is 0 Å². The summed E-state index contributed by atoms with van der Waals surface area (Å²) >= 11 is 0. The molecular formula is C26H24FN3O4. The van der Waals surface area contributed by atoms with E-state index in [2.05, 4.69) is 5.10 Å². The molecule has 2 aromatic heterocycles. The first kappa shape index (κ1) is 23.1. The van der Waals surface area contributed by atoms with Crippen LogP contribution in [0.25, 0.3) is 16.6 Å². The lowest BCUT2D eigenvalue weighted by Crippen LogP contribution is -2.18. The molecule has 0 saturated carbocycles. The van der Waals surface area contributed by atoms with Crippen LogP contribution in [0.2, 0.25) is 0 Å². The maximum atomic E-state index is 14.0. The van der Waals surface area contributed by atoms with Crippen LogP contribution in [0.5, 0.6) is 0 Å². The highest BCUT2D eigenvalue weighted by Crippen LogP contribution is 2.23. The van der Waals surface area contributed by atoms with Crippen LogP contribution in [0.1, 0.15) is 33.7 Å². The van der Waals surface area contributed by atoms with Gasteiger partial charge in [0.15, 0.2) is 6.61 Å². The molecular weight excluding hydrogens is 437 g/mol. The van der Waals surface area contributed by atoms with Crippen LogP contribution < -0.4 is 5.43 Å². The molecule has 34 heavy (non-hydrogen) atoms. The summed E-state index contributed by atoms with van der Waals surface area (Å²) in [7, 11) is 0. The van der Waals surface area contributed by atoms with E-state index in [4.69, 9.17) is 4.74 Å². The Morgan fingerprint density at radius 2 is 1.82 bits per heavy atom. The highest BCUT2D eigenvalue weighted by molar-refractivity contribution is 5.99. The molecule has 8 heteroatoms. The standard InChI is InChI=1S/C26H24FN3O4/c1-16-8-9-19(13-22(16)27)30-17(2)12-21(18(30)3)25(32)15-34-26(33)10-11-29-23-7-5-4-6-20(23)24(31)14-28-29/h4-9,12-14H,10-11,15H2,1-3H3. The highest BCUT2D eigenvalue weighted by Gasteiger charge is 2.19. The quantitative estimate of drug-likeness (QED) is 0.306. The fraction of sp³-hybridized carbons (Fsp3) is 0.231. The summed E-state index contributed by atoms with van der Waals surface area (Å²) in [5, 5.41) is 4.60. The number of aromatic nitrogens is 3. The lowest BCUT2D eigenvalue weighted by molar-refractivity contribution is -0.142. The van der Waals surface area contributed by atoms with E-state index in [0.29, 0.717) is 33.4 Å². The maximum Gasteiger partial charge on any atom is 0.308 e. The van der Waals surface area contributed by atoms with E-state index in [0.717, 1.165) is 5.69 Å². The van der Waals surface area contributed by atoms with Crippen molar-refractivity contribution in [2.75, 3.05) is 6.61 Å². The number of esters is 1. The van der Waals surface area contributed by atoms with Crippen LogP contribution in [0.3, 0.4) is 0 Å². The summed E-state index contributed by atoms with van der Waals surface area (Å²) < 4.78 is 22.6. The molecule has 0 N–H and O–H groups in total. The summed E-state index contributed by atoms with van der Waals surface area (Å²) in [6.45, 7) is 5.10. The second-order valence-corrected chi connectivity index (χ2v) is 8.14. The lowest BCUT2D eigenvalue weighted by Gasteiger charge is -2.11. The minimum absolute atomic E-state index is 0.00515. The molecule has 0 aliphatic heterocycles. The van der Waals surface area contributed by atoms with Crippen molar-refractivity contribution >= 4 is 22.7 Å². The van der Waals surface area contributed by atoms with E-state index in [1.807, 2.05) is 6.92 Å². The summed E-state index contributed by atoms with van der Waals surface area (Å²) in [4.78, 5) is 37.0. The van der Waals surface area contributed by atoms with Gasteiger partial charge in [-0.25, -0.2) is 4.39 Å². The van der Waals surface area contributed by atoms with E-state index in [9.17, 15) is 18.8 Å². The first-order valence-electron chi connectivity index (χ1n) is 10.9. The molecule has 0 unspecified atom stereocenters. The fourth-order valence-electron chi connectivity index (χ4n) is 4.00. The number of benzene rings is 2. The van der Waals surface area contributed by atoms with Gasteiger partial charge < -0.3 is 9.30 Å². The minimum atomic E-state index is -0.549. The fourth-order valence-corrected chi connectivity index (χ4v) is 4.00. The van der Waals surface area contributed by atoms with E-state index < -0.39 is 12.6 Å². The van der Waals surface area contributed by atoms with Crippen LogP contribution in [0, 0.1) is 26.6 Å². The lowest BCUT2D eigenvalue weighted by atomic mass is 10.1. The molecule has 2 aromatic carbocycles. The molecule has 7 nitrogen and oxygen atoms in total. The van der Waals surface area contributed by atoms with Crippen LogP contribution in [0.15, 0.2) is 59.5 Å². The van der Waals surface area contributed by atoms with Gasteiger partial charge in [0.25, 0.3) is 0 Å². The number of carbonyl (C=O) groups excluding carboxylic acids is 2.